The molecule has 0 saturated carbocycles. The number of hydrogen-bond acceptors (Lipinski definition) is 1. The molecule has 2 aromatic carbocycles. The van der Waals surface area contributed by atoms with Gasteiger partial charge < -0.3 is 10.2 Å². The van der Waals surface area contributed by atoms with Crippen molar-refractivity contribution in [2.45, 2.75) is 31.7 Å². The third-order valence-electron chi connectivity index (χ3n) is 5.71. The van der Waals surface area contributed by atoms with Crippen molar-refractivity contribution in [2.75, 3.05) is 13.1 Å². The minimum absolute atomic E-state index is 0.0500. The molecule has 4 rings (SSSR count). The van der Waals surface area contributed by atoms with E-state index in [-0.39, 0.29) is 12.1 Å². The van der Waals surface area contributed by atoms with Crippen LogP contribution in [-0.4, -0.2) is 24.0 Å². The van der Waals surface area contributed by atoms with Crippen molar-refractivity contribution in [3.63, 3.8) is 0 Å². The molecule has 2 aromatic rings. The highest BCUT2D eigenvalue weighted by molar-refractivity contribution is 6.30. The van der Waals surface area contributed by atoms with Gasteiger partial charge in [-0.2, -0.15) is 0 Å². The fourth-order valence-electron chi connectivity index (χ4n) is 4.50. The average molecular weight is 355 g/mol. The first-order chi connectivity index (χ1) is 12.1. The monoisotopic (exact) mass is 354 g/mol. The first-order valence-corrected chi connectivity index (χ1v) is 9.40. The van der Waals surface area contributed by atoms with Gasteiger partial charge in [-0.05, 0) is 53.5 Å². The Morgan fingerprint density at radius 3 is 2.80 bits per heavy atom. The Kier molecular flexibility index (Phi) is 4.43. The fourth-order valence-corrected chi connectivity index (χ4v) is 4.68. The number of nitrogens with zero attached hydrogens (tertiary/aromatic N) is 1. The summed E-state index contributed by atoms with van der Waals surface area (Å²) in [7, 11) is 0. The molecule has 3 nitrogen and oxygen atoms in total. The second-order valence-electron chi connectivity index (χ2n) is 7.13. The third kappa shape index (κ3) is 3.02. The van der Waals surface area contributed by atoms with E-state index in [1.807, 2.05) is 29.2 Å². The van der Waals surface area contributed by atoms with Crippen LogP contribution in [0.4, 0.5) is 4.79 Å². The first-order valence-electron chi connectivity index (χ1n) is 9.03. The van der Waals surface area contributed by atoms with Gasteiger partial charge in [-0.1, -0.05) is 54.9 Å². The van der Waals surface area contributed by atoms with Crippen LogP contribution in [0.5, 0.6) is 0 Å². The van der Waals surface area contributed by atoms with E-state index in [9.17, 15) is 4.79 Å². The highest BCUT2D eigenvalue weighted by Gasteiger charge is 2.46. The van der Waals surface area contributed by atoms with Gasteiger partial charge in [0.05, 0.1) is 6.04 Å². The van der Waals surface area contributed by atoms with Gasteiger partial charge in [-0.25, -0.2) is 4.79 Å². The summed E-state index contributed by atoms with van der Waals surface area (Å²) in [5.74, 6) is 0.967. The van der Waals surface area contributed by atoms with Crippen molar-refractivity contribution in [3.05, 3.63) is 70.2 Å². The molecule has 0 spiro atoms. The van der Waals surface area contributed by atoms with E-state index in [0.717, 1.165) is 24.4 Å². The van der Waals surface area contributed by atoms with E-state index in [4.69, 9.17) is 11.6 Å². The molecule has 25 heavy (non-hydrogen) atoms. The Labute approximate surface area is 154 Å². The molecule has 2 unspecified atom stereocenters. The largest absolute Gasteiger partial charge is 0.338 e. The number of amides is 2. The second kappa shape index (κ2) is 6.72. The van der Waals surface area contributed by atoms with Crippen molar-refractivity contribution in [1.29, 1.82) is 0 Å². The number of hydrogen-bond donors (Lipinski definition) is 1. The Hall–Kier alpha value is -2.00. The van der Waals surface area contributed by atoms with Crippen LogP contribution in [0.2, 0.25) is 5.02 Å². The number of benzene rings is 2. The normalized spacial score (nSPS) is 24.1. The molecular weight excluding hydrogens is 332 g/mol. The summed E-state index contributed by atoms with van der Waals surface area (Å²) >= 11 is 6.19. The predicted octanol–water partition coefficient (Wildman–Crippen LogP) is 4.77. The number of halogens is 1. The topological polar surface area (TPSA) is 32.3 Å². The van der Waals surface area contributed by atoms with Crippen LogP contribution in [0.1, 0.15) is 42.0 Å². The number of likely N-dealkylation sites (tertiary alicyclic amines) is 1. The molecule has 0 aromatic heterocycles. The fraction of sp³-hybridized carbons (Fsp3) is 0.381. The van der Waals surface area contributed by atoms with Gasteiger partial charge in [0.25, 0.3) is 0 Å². The average Bonchev–Trinajstić information content (AvgIpc) is 2.78. The van der Waals surface area contributed by atoms with Gasteiger partial charge in [-0.15, -0.1) is 0 Å². The zero-order valence-corrected chi connectivity index (χ0v) is 15.2. The van der Waals surface area contributed by atoms with Gasteiger partial charge in [0, 0.05) is 18.1 Å². The number of urea groups is 1. The Bertz CT molecular complexity index is 777. The van der Waals surface area contributed by atoms with E-state index in [1.54, 1.807) is 0 Å². The maximum Gasteiger partial charge on any atom is 0.317 e. The summed E-state index contributed by atoms with van der Waals surface area (Å²) in [5.41, 5.74) is 3.86. The van der Waals surface area contributed by atoms with Crippen LogP contribution in [0, 0.1) is 5.92 Å². The van der Waals surface area contributed by atoms with Crippen LogP contribution < -0.4 is 5.32 Å². The molecule has 1 aliphatic carbocycles. The molecule has 1 fully saturated rings. The van der Waals surface area contributed by atoms with Crippen LogP contribution in [-0.2, 0) is 6.42 Å². The summed E-state index contributed by atoms with van der Waals surface area (Å²) in [6.45, 7) is 3.73. The summed E-state index contributed by atoms with van der Waals surface area (Å²) < 4.78 is 0. The molecule has 0 radical (unpaired) electrons. The molecule has 4 heteroatoms. The van der Waals surface area contributed by atoms with E-state index in [0.29, 0.717) is 18.4 Å². The number of carbonyl (C=O) groups excluding carboxylic acids is 1. The van der Waals surface area contributed by atoms with Crippen molar-refractivity contribution in [2.24, 2.45) is 5.92 Å². The summed E-state index contributed by atoms with van der Waals surface area (Å²) in [5, 5.41) is 3.90. The Morgan fingerprint density at radius 2 is 2.00 bits per heavy atom. The quantitative estimate of drug-likeness (QED) is 0.845. The molecule has 3 atom stereocenters. The molecule has 2 bridgehead atoms. The van der Waals surface area contributed by atoms with Gasteiger partial charge in [0.15, 0.2) is 0 Å². The maximum atomic E-state index is 12.8. The van der Waals surface area contributed by atoms with Crippen LogP contribution in [0.3, 0.4) is 0 Å². The molecule has 2 aliphatic rings. The molecule has 1 saturated heterocycles. The summed E-state index contributed by atoms with van der Waals surface area (Å²) in [6, 6.07) is 16.6. The second-order valence-corrected chi connectivity index (χ2v) is 7.57. The van der Waals surface area contributed by atoms with Gasteiger partial charge in [-0.3, -0.25) is 0 Å². The SMILES string of the molecule is C[C@H]1C2CCN(C(=O)NCCc3ccccc3)C1c1ccc(Cl)cc12. The van der Waals surface area contributed by atoms with Crippen LogP contribution in [0.25, 0.3) is 0 Å². The standard InChI is InChI=1S/C21H23ClN2O/c1-14-17-10-12-24(20(14)18-8-7-16(22)13-19(17)18)21(25)23-11-9-15-5-3-2-4-6-15/h2-8,13-14,17,20H,9-12H2,1H3,(H,23,25)/t14-,17?,20?/m0/s1. The predicted molar refractivity (Wildman–Crippen MR) is 101 cm³/mol. The lowest BCUT2D eigenvalue weighted by Gasteiger charge is -2.38. The highest BCUT2D eigenvalue weighted by atomic mass is 35.5. The smallest absolute Gasteiger partial charge is 0.317 e. The molecule has 1 aliphatic heterocycles. The zero-order valence-electron chi connectivity index (χ0n) is 14.4. The van der Waals surface area contributed by atoms with E-state index in [2.05, 4.69) is 36.5 Å². The molecule has 1 N–H and O–H groups in total. The van der Waals surface area contributed by atoms with Crippen molar-refractivity contribution in [3.8, 4) is 0 Å². The number of carbonyl (C=O) groups is 1. The minimum Gasteiger partial charge on any atom is -0.338 e. The van der Waals surface area contributed by atoms with Gasteiger partial charge in [0.2, 0.25) is 0 Å². The maximum absolute atomic E-state index is 12.8. The summed E-state index contributed by atoms with van der Waals surface area (Å²) in [6.07, 6.45) is 1.87. The van der Waals surface area contributed by atoms with E-state index >= 15 is 0 Å². The molecule has 2 amide bonds. The molecule has 1 heterocycles. The van der Waals surface area contributed by atoms with Crippen LogP contribution >= 0.6 is 11.6 Å². The summed E-state index contributed by atoms with van der Waals surface area (Å²) in [4.78, 5) is 14.8. The minimum atomic E-state index is 0.0500. The zero-order chi connectivity index (χ0) is 17.4. The van der Waals surface area contributed by atoms with E-state index < -0.39 is 0 Å². The Balaban J connectivity index is 1.46. The molecular formula is C21H23ClN2O. The van der Waals surface area contributed by atoms with Gasteiger partial charge in [0.1, 0.15) is 0 Å². The van der Waals surface area contributed by atoms with E-state index in [1.165, 1.54) is 16.7 Å². The number of nitrogens with one attached hydrogen (secondary N) is 1. The third-order valence-corrected chi connectivity index (χ3v) is 5.95. The van der Waals surface area contributed by atoms with Gasteiger partial charge >= 0.3 is 6.03 Å². The van der Waals surface area contributed by atoms with Crippen molar-refractivity contribution < 1.29 is 4.79 Å². The number of rotatable bonds is 3. The first kappa shape index (κ1) is 16.5. The highest BCUT2D eigenvalue weighted by Crippen LogP contribution is 2.53. The number of piperidine rings is 1. The van der Waals surface area contributed by atoms with Crippen molar-refractivity contribution >= 4 is 17.6 Å². The van der Waals surface area contributed by atoms with Crippen molar-refractivity contribution in [1.82, 2.24) is 10.2 Å². The van der Waals surface area contributed by atoms with Crippen LogP contribution in [0.15, 0.2) is 48.5 Å². The lowest BCUT2D eigenvalue weighted by molar-refractivity contribution is 0.121. The lowest BCUT2D eigenvalue weighted by atomic mass is 9.86. The Morgan fingerprint density at radius 1 is 1.20 bits per heavy atom. The lowest BCUT2D eigenvalue weighted by Crippen LogP contribution is -2.46. The molecule has 130 valence electrons. The number of fused-ring (bicyclic) bond motifs is 5.